The summed E-state index contributed by atoms with van der Waals surface area (Å²) in [5.74, 6) is 0.760. The van der Waals surface area contributed by atoms with Crippen LogP contribution in [0.1, 0.15) is 22.5 Å². The fraction of sp³-hybridized carbons (Fsp3) is 0.389. The molecule has 1 unspecified atom stereocenters. The van der Waals surface area contributed by atoms with E-state index in [0.29, 0.717) is 12.0 Å². The van der Waals surface area contributed by atoms with Crippen molar-refractivity contribution in [3.63, 3.8) is 0 Å². The van der Waals surface area contributed by atoms with Crippen LogP contribution in [-0.4, -0.2) is 36.5 Å². The van der Waals surface area contributed by atoms with Crippen LogP contribution < -0.4 is 5.32 Å². The molecule has 4 heterocycles. The molecule has 1 amide bonds. The first-order valence-corrected chi connectivity index (χ1v) is 9.77. The molecule has 1 atom stereocenters. The van der Waals surface area contributed by atoms with Crippen LogP contribution in [-0.2, 0) is 0 Å². The highest BCUT2D eigenvalue weighted by molar-refractivity contribution is 8.01. The molecular weight excluding hydrogens is 324 g/mol. The number of carbonyl (C=O) groups is 1. The number of hydrogen-bond acceptors (Lipinski definition) is 4. The minimum Gasteiger partial charge on any atom is -0.347 e. The van der Waals surface area contributed by atoms with Gasteiger partial charge >= 0.3 is 0 Å². The molecule has 0 radical (unpaired) electrons. The maximum Gasteiger partial charge on any atom is 0.261 e. The van der Waals surface area contributed by atoms with Gasteiger partial charge in [-0.1, -0.05) is 30.0 Å². The highest BCUT2D eigenvalue weighted by Gasteiger charge is 2.35. The fourth-order valence-corrected chi connectivity index (χ4v) is 5.50. The molecule has 3 saturated heterocycles. The van der Waals surface area contributed by atoms with Gasteiger partial charge in [-0.15, -0.1) is 11.3 Å². The monoisotopic (exact) mass is 344 g/mol. The van der Waals surface area contributed by atoms with Gasteiger partial charge in [-0.25, -0.2) is 0 Å². The second-order valence-corrected chi connectivity index (χ2v) is 8.71. The maximum atomic E-state index is 12.5. The SMILES string of the molecule is O=C(NC1CN2CCC1CC2)c1ccc(Sc2ccccc2)s1. The lowest BCUT2D eigenvalue weighted by Gasteiger charge is -2.44. The Labute approximate surface area is 145 Å². The minimum atomic E-state index is 0.0914. The number of piperidine rings is 3. The number of fused-ring (bicyclic) bond motifs is 3. The Morgan fingerprint density at radius 2 is 1.91 bits per heavy atom. The molecule has 1 N–H and O–H groups in total. The van der Waals surface area contributed by atoms with E-state index in [2.05, 4.69) is 22.3 Å². The van der Waals surface area contributed by atoms with Gasteiger partial charge in [-0.05, 0) is 56.1 Å². The van der Waals surface area contributed by atoms with Crippen LogP contribution in [0.25, 0.3) is 0 Å². The zero-order chi connectivity index (χ0) is 15.6. The van der Waals surface area contributed by atoms with E-state index in [9.17, 15) is 4.79 Å². The van der Waals surface area contributed by atoms with Crippen molar-refractivity contribution in [2.45, 2.75) is 28.0 Å². The van der Waals surface area contributed by atoms with Gasteiger partial charge in [0.25, 0.3) is 5.91 Å². The largest absolute Gasteiger partial charge is 0.347 e. The van der Waals surface area contributed by atoms with Gasteiger partial charge in [0.2, 0.25) is 0 Å². The summed E-state index contributed by atoms with van der Waals surface area (Å²) in [6.07, 6.45) is 2.45. The first-order chi connectivity index (χ1) is 11.3. The van der Waals surface area contributed by atoms with Crippen LogP contribution in [0.2, 0.25) is 0 Å². The highest BCUT2D eigenvalue weighted by atomic mass is 32.2. The Bertz CT molecular complexity index is 677. The predicted molar refractivity (Wildman–Crippen MR) is 95.3 cm³/mol. The Morgan fingerprint density at radius 1 is 1.13 bits per heavy atom. The van der Waals surface area contributed by atoms with Crippen molar-refractivity contribution in [1.82, 2.24) is 10.2 Å². The van der Waals surface area contributed by atoms with Crippen LogP contribution in [0.5, 0.6) is 0 Å². The number of nitrogens with zero attached hydrogens (tertiary/aromatic N) is 1. The van der Waals surface area contributed by atoms with Crippen LogP contribution in [0.3, 0.4) is 0 Å². The molecule has 2 aromatic rings. The van der Waals surface area contributed by atoms with E-state index >= 15 is 0 Å². The average molecular weight is 345 g/mol. The Balaban J connectivity index is 1.39. The van der Waals surface area contributed by atoms with Crippen molar-refractivity contribution in [1.29, 1.82) is 0 Å². The Morgan fingerprint density at radius 3 is 2.61 bits per heavy atom. The molecule has 0 spiro atoms. The summed E-state index contributed by atoms with van der Waals surface area (Å²) in [5.41, 5.74) is 0. The number of rotatable bonds is 4. The van der Waals surface area contributed by atoms with Crippen molar-refractivity contribution in [3.05, 3.63) is 47.3 Å². The summed E-state index contributed by atoms with van der Waals surface area (Å²) >= 11 is 3.30. The van der Waals surface area contributed by atoms with E-state index in [1.165, 1.54) is 30.8 Å². The van der Waals surface area contributed by atoms with Crippen molar-refractivity contribution < 1.29 is 4.79 Å². The third-order valence-corrected chi connectivity index (χ3v) is 6.96. The molecule has 5 heteroatoms. The molecule has 3 aliphatic heterocycles. The number of thiophene rings is 1. The van der Waals surface area contributed by atoms with E-state index < -0.39 is 0 Å². The molecule has 3 nitrogen and oxygen atoms in total. The smallest absolute Gasteiger partial charge is 0.261 e. The maximum absolute atomic E-state index is 12.5. The second-order valence-electron chi connectivity index (χ2n) is 6.25. The lowest BCUT2D eigenvalue weighted by Crippen LogP contribution is -2.57. The molecule has 5 rings (SSSR count). The molecular formula is C18H20N2OS2. The fourth-order valence-electron chi connectivity index (χ4n) is 3.47. The molecule has 1 aromatic carbocycles. The number of carbonyl (C=O) groups excluding carboxylic acids is 1. The first kappa shape index (κ1) is 15.2. The van der Waals surface area contributed by atoms with Crippen LogP contribution in [0.4, 0.5) is 0 Å². The predicted octanol–water partition coefficient (Wildman–Crippen LogP) is 3.72. The van der Waals surface area contributed by atoms with E-state index in [4.69, 9.17) is 0 Å². The number of amides is 1. The topological polar surface area (TPSA) is 32.3 Å². The average Bonchev–Trinajstić information content (AvgIpc) is 3.05. The van der Waals surface area contributed by atoms with Crippen LogP contribution in [0, 0.1) is 5.92 Å². The Hall–Kier alpha value is -1.30. The van der Waals surface area contributed by atoms with Crippen molar-refractivity contribution in [2.24, 2.45) is 5.92 Å². The van der Waals surface area contributed by atoms with Gasteiger partial charge in [-0.2, -0.15) is 0 Å². The van der Waals surface area contributed by atoms with Crippen LogP contribution >= 0.6 is 23.1 Å². The number of nitrogens with one attached hydrogen (secondary N) is 1. The zero-order valence-corrected chi connectivity index (χ0v) is 14.5. The van der Waals surface area contributed by atoms with Crippen molar-refractivity contribution in [3.8, 4) is 0 Å². The summed E-state index contributed by atoms with van der Waals surface area (Å²) in [6, 6.07) is 14.6. The van der Waals surface area contributed by atoms with Crippen LogP contribution in [0.15, 0.2) is 51.6 Å². The quantitative estimate of drug-likeness (QED) is 0.917. The Kier molecular flexibility index (Phi) is 4.42. The summed E-state index contributed by atoms with van der Waals surface area (Å²) in [5, 5.41) is 3.26. The third-order valence-electron chi connectivity index (χ3n) is 4.74. The van der Waals surface area contributed by atoms with E-state index in [1.807, 2.05) is 30.3 Å². The van der Waals surface area contributed by atoms with Gasteiger partial charge < -0.3 is 10.2 Å². The zero-order valence-electron chi connectivity index (χ0n) is 12.9. The minimum absolute atomic E-state index is 0.0914. The second kappa shape index (κ2) is 6.67. The normalized spacial score (nSPS) is 26.2. The lowest BCUT2D eigenvalue weighted by atomic mass is 9.84. The van der Waals surface area contributed by atoms with Gasteiger partial charge in [-0.3, -0.25) is 4.79 Å². The molecule has 3 fully saturated rings. The summed E-state index contributed by atoms with van der Waals surface area (Å²) in [4.78, 5) is 17.0. The van der Waals surface area contributed by atoms with Gasteiger partial charge in [0.1, 0.15) is 0 Å². The van der Waals surface area contributed by atoms with E-state index in [-0.39, 0.29) is 5.91 Å². The molecule has 3 aliphatic rings. The highest BCUT2D eigenvalue weighted by Crippen LogP contribution is 2.33. The molecule has 120 valence electrons. The standard InChI is InChI=1S/C18H20N2OS2/c21-18(19-15-12-20-10-8-13(15)9-11-20)16-6-7-17(23-16)22-14-4-2-1-3-5-14/h1-7,13,15H,8-12H2,(H,19,21). The van der Waals surface area contributed by atoms with E-state index in [0.717, 1.165) is 15.6 Å². The lowest BCUT2D eigenvalue weighted by molar-refractivity contribution is 0.0622. The molecule has 23 heavy (non-hydrogen) atoms. The number of hydrogen-bond donors (Lipinski definition) is 1. The number of benzene rings is 1. The van der Waals surface area contributed by atoms with Gasteiger partial charge in [0.05, 0.1) is 9.09 Å². The molecule has 0 aliphatic carbocycles. The molecule has 2 bridgehead atoms. The van der Waals surface area contributed by atoms with Gasteiger partial charge in [0.15, 0.2) is 0 Å². The summed E-state index contributed by atoms with van der Waals surface area (Å²) < 4.78 is 1.16. The van der Waals surface area contributed by atoms with E-state index in [1.54, 1.807) is 23.1 Å². The molecule has 1 aromatic heterocycles. The van der Waals surface area contributed by atoms with Crippen molar-refractivity contribution in [2.75, 3.05) is 19.6 Å². The van der Waals surface area contributed by atoms with Crippen molar-refractivity contribution >= 4 is 29.0 Å². The third kappa shape index (κ3) is 3.47. The summed E-state index contributed by atoms with van der Waals surface area (Å²) in [6.45, 7) is 3.43. The van der Waals surface area contributed by atoms with Gasteiger partial charge in [0, 0.05) is 17.5 Å². The first-order valence-electron chi connectivity index (χ1n) is 8.14. The summed E-state index contributed by atoms with van der Waals surface area (Å²) in [7, 11) is 0. The molecule has 0 saturated carbocycles.